The standard InChI is InChI=1S/C16H21NO2/c18-15(17-11-13-5-4-10-19-12-13)16(8-9-16)14-6-2-1-3-7-14/h1-3,6-7,13H,4-5,8-12H2,(H,17,18). The van der Waals surface area contributed by atoms with Crippen LogP contribution in [0.3, 0.4) is 0 Å². The molecule has 1 saturated carbocycles. The molecule has 1 aromatic carbocycles. The molecule has 0 radical (unpaired) electrons. The Bertz CT molecular complexity index is 433. The minimum atomic E-state index is -0.239. The maximum absolute atomic E-state index is 12.4. The van der Waals surface area contributed by atoms with Crippen molar-refractivity contribution in [2.24, 2.45) is 5.92 Å². The Balaban J connectivity index is 1.58. The van der Waals surface area contributed by atoms with Crippen LogP contribution >= 0.6 is 0 Å². The van der Waals surface area contributed by atoms with Gasteiger partial charge in [-0.05, 0) is 37.2 Å². The zero-order valence-electron chi connectivity index (χ0n) is 11.2. The molecule has 1 heterocycles. The first-order valence-corrected chi connectivity index (χ1v) is 7.23. The molecule has 1 amide bonds. The Morgan fingerprint density at radius 1 is 1.32 bits per heavy atom. The fraction of sp³-hybridized carbons (Fsp3) is 0.562. The van der Waals surface area contributed by atoms with Crippen molar-refractivity contribution in [3.63, 3.8) is 0 Å². The highest BCUT2D eigenvalue weighted by atomic mass is 16.5. The lowest BCUT2D eigenvalue weighted by Crippen LogP contribution is -2.39. The average Bonchev–Trinajstić information content (AvgIpc) is 3.28. The van der Waals surface area contributed by atoms with Crippen molar-refractivity contribution in [3.8, 4) is 0 Å². The topological polar surface area (TPSA) is 38.3 Å². The Labute approximate surface area is 114 Å². The first-order chi connectivity index (χ1) is 9.31. The lowest BCUT2D eigenvalue weighted by atomic mass is 9.94. The van der Waals surface area contributed by atoms with Crippen molar-refractivity contribution in [2.45, 2.75) is 31.1 Å². The van der Waals surface area contributed by atoms with Gasteiger partial charge in [-0.3, -0.25) is 4.79 Å². The van der Waals surface area contributed by atoms with Gasteiger partial charge in [0.05, 0.1) is 12.0 Å². The van der Waals surface area contributed by atoms with E-state index in [1.807, 2.05) is 18.2 Å². The van der Waals surface area contributed by atoms with Gasteiger partial charge in [-0.1, -0.05) is 30.3 Å². The van der Waals surface area contributed by atoms with Gasteiger partial charge >= 0.3 is 0 Å². The number of hydrogen-bond acceptors (Lipinski definition) is 2. The minimum Gasteiger partial charge on any atom is -0.381 e. The van der Waals surface area contributed by atoms with Gasteiger partial charge in [-0.15, -0.1) is 0 Å². The molecular weight excluding hydrogens is 238 g/mol. The van der Waals surface area contributed by atoms with E-state index in [0.29, 0.717) is 5.92 Å². The van der Waals surface area contributed by atoms with Crippen LogP contribution in [-0.2, 0) is 14.9 Å². The summed E-state index contributed by atoms with van der Waals surface area (Å²) in [6.45, 7) is 2.42. The third-order valence-corrected chi connectivity index (χ3v) is 4.32. The summed E-state index contributed by atoms with van der Waals surface area (Å²) in [6.07, 6.45) is 4.23. The van der Waals surface area contributed by atoms with Gasteiger partial charge in [0.2, 0.25) is 5.91 Å². The lowest BCUT2D eigenvalue weighted by molar-refractivity contribution is -0.124. The van der Waals surface area contributed by atoms with Crippen molar-refractivity contribution in [1.82, 2.24) is 5.32 Å². The molecule has 2 fully saturated rings. The smallest absolute Gasteiger partial charge is 0.230 e. The number of amides is 1. The monoisotopic (exact) mass is 259 g/mol. The van der Waals surface area contributed by atoms with Crippen LogP contribution < -0.4 is 5.32 Å². The van der Waals surface area contributed by atoms with Crippen LogP contribution in [0.5, 0.6) is 0 Å². The molecule has 19 heavy (non-hydrogen) atoms. The fourth-order valence-electron chi connectivity index (χ4n) is 2.90. The van der Waals surface area contributed by atoms with Gasteiger partial charge in [0, 0.05) is 13.2 Å². The van der Waals surface area contributed by atoms with Crippen LogP contribution in [0.15, 0.2) is 30.3 Å². The maximum Gasteiger partial charge on any atom is 0.230 e. The number of carbonyl (C=O) groups is 1. The van der Waals surface area contributed by atoms with Crippen molar-refractivity contribution in [2.75, 3.05) is 19.8 Å². The van der Waals surface area contributed by atoms with E-state index in [1.54, 1.807) is 0 Å². The van der Waals surface area contributed by atoms with Crippen LogP contribution in [0.25, 0.3) is 0 Å². The van der Waals surface area contributed by atoms with Crippen molar-refractivity contribution in [3.05, 3.63) is 35.9 Å². The number of rotatable bonds is 4. The van der Waals surface area contributed by atoms with Crippen LogP contribution in [-0.4, -0.2) is 25.7 Å². The van der Waals surface area contributed by atoms with E-state index in [1.165, 1.54) is 6.42 Å². The van der Waals surface area contributed by atoms with Crippen molar-refractivity contribution in [1.29, 1.82) is 0 Å². The Hall–Kier alpha value is -1.35. The van der Waals surface area contributed by atoms with Crippen LogP contribution in [0, 0.1) is 5.92 Å². The average molecular weight is 259 g/mol. The number of carbonyl (C=O) groups excluding carboxylic acids is 1. The lowest BCUT2D eigenvalue weighted by Gasteiger charge is -2.23. The molecule has 0 spiro atoms. The molecule has 1 N–H and O–H groups in total. The number of hydrogen-bond donors (Lipinski definition) is 1. The first kappa shape index (κ1) is 12.7. The SMILES string of the molecule is O=C(NCC1CCCOC1)C1(c2ccccc2)CC1. The van der Waals surface area contributed by atoms with Crippen molar-refractivity contribution >= 4 is 5.91 Å². The number of ether oxygens (including phenoxy) is 1. The summed E-state index contributed by atoms with van der Waals surface area (Å²) in [5, 5.41) is 3.13. The molecule has 3 heteroatoms. The number of benzene rings is 1. The van der Waals surface area contributed by atoms with Gasteiger partial charge in [-0.25, -0.2) is 0 Å². The molecule has 1 aliphatic carbocycles. The molecule has 1 aliphatic heterocycles. The second kappa shape index (κ2) is 5.33. The molecule has 1 unspecified atom stereocenters. The zero-order chi connectivity index (χ0) is 13.1. The number of nitrogens with one attached hydrogen (secondary N) is 1. The second-order valence-corrected chi connectivity index (χ2v) is 5.74. The molecule has 1 saturated heterocycles. The van der Waals surface area contributed by atoms with E-state index >= 15 is 0 Å². The Morgan fingerprint density at radius 3 is 2.74 bits per heavy atom. The molecule has 0 bridgehead atoms. The van der Waals surface area contributed by atoms with E-state index < -0.39 is 0 Å². The van der Waals surface area contributed by atoms with Crippen LogP contribution in [0.4, 0.5) is 0 Å². The summed E-state index contributed by atoms with van der Waals surface area (Å²) in [5.41, 5.74) is 0.920. The molecule has 3 nitrogen and oxygen atoms in total. The zero-order valence-corrected chi connectivity index (χ0v) is 11.2. The summed E-state index contributed by atoms with van der Waals surface area (Å²) < 4.78 is 5.45. The van der Waals surface area contributed by atoms with Crippen LogP contribution in [0.1, 0.15) is 31.2 Å². The molecular formula is C16H21NO2. The first-order valence-electron chi connectivity index (χ1n) is 7.23. The predicted octanol–water partition coefficient (Wildman–Crippen LogP) is 2.26. The summed E-state index contributed by atoms with van der Waals surface area (Å²) in [5.74, 6) is 0.688. The van der Waals surface area contributed by atoms with Gasteiger partial charge < -0.3 is 10.1 Å². The van der Waals surface area contributed by atoms with Gasteiger partial charge in [0.25, 0.3) is 0 Å². The third kappa shape index (κ3) is 2.66. The maximum atomic E-state index is 12.4. The fourth-order valence-corrected chi connectivity index (χ4v) is 2.90. The highest BCUT2D eigenvalue weighted by molar-refractivity contribution is 5.91. The molecule has 0 aromatic heterocycles. The normalized spacial score (nSPS) is 24.7. The quantitative estimate of drug-likeness (QED) is 0.900. The highest BCUT2D eigenvalue weighted by Crippen LogP contribution is 2.48. The molecule has 2 aliphatic rings. The molecule has 1 atom stereocenters. The molecule has 1 aromatic rings. The Morgan fingerprint density at radius 2 is 2.11 bits per heavy atom. The second-order valence-electron chi connectivity index (χ2n) is 5.74. The van der Waals surface area contributed by atoms with Crippen LogP contribution in [0.2, 0.25) is 0 Å². The Kier molecular flexibility index (Phi) is 3.56. The van der Waals surface area contributed by atoms with E-state index in [2.05, 4.69) is 17.4 Å². The van der Waals surface area contributed by atoms with Gasteiger partial charge in [0.1, 0.15) is 0 Å². The summed E-state index contributed by atoms with van der Waals surface area (Å²) in [4.78, 5) is 12.4. The van der Waals surface area contributed by atoms with Crippen molar-refractivity contribution < 1.29 is 9.53 Å². The van der Waals surface area contributed by atoms with E-state index in [9.17, 15) is 4.79 Å². The minimum absolute atomic E-state index is 0.198. The predicted molar refractivity (Wildman–Crippen MR) is 73.9 cm³/mol. The summed E-state index contributed by atoms with van der Waals surface area (Å²) >= 11 is 0. The molecule has 102 valence electrons. The third-order valence-electron chi connectivity index (χ3n) is 4.32. The van der Waals surface area contributed by atoms with Gasteiger partial charge in [0.15, 0.2) is 0 Å². The van der Waals surface area contributed by atoms with E-state index in [-0.39, 0.29) is 11.3 Å². The van der Waals surface area contributed by atoms with E-state index in [0.717, 1.165) is 44.6 Å². The van der Waals surface area contributed by atoms with Gasteiger partial charge in [-0.2, -0.15) is 0 Å². The molecule has 3 rings (SSSR count). The largest absolute Gasteiger partial charge is 0.381 e. The summed E-state index contributed by atoms with van der Waals surface area (Å²) in [7, 11) is 0. The van der Waals surface area contributed by atoms with E-state index in [4.69, 9.17) is 4.74 Å². The highest BCUT2D eigenvalue weighted by Gasteiger charge is 2.51. The summed E-state index contributed by atoms with van der Waals surface area (Å²) in [6, 6.07) is 10.2.